The number of hydrogen-bond donors (Lipinski definition) is 0. The number of benzene rings is 5. The molecular formula is C40H33Cl2N3O8. The summed E-state index contributed by atoms with van der Waals surface area (Å²) < 4.78 is 11.1. The van der Waals surface area contributed by atoms with Crippen molar-refractivity contribution in [2.45, 2.75) is 38.5 Å². The predicted octanol–water partition coefficient (Wildman–Crippen LogP) is 7.58. The highest BCUT2D eigenvalue weighted by Crippen LogP contribution is 2.47. The first kappa shape index (κ1) is 35.9. The van der Waals surface area contributed by atoms with Crippen molar-refractivity contribution in [3.8, 4) is 11.5 Å². The smallest absolute Gasteiger partial charge is 0.308 e. The Kier molecular flexibility index (Phi) is 9.80. The number of esters is 2. The maximum absolute atomic E-state index is 14.0. The van der Waals surface area contributed by atoms with E-state index in [0.29, 0.717) is 44.8 Å². The van der Waals surface area contributed by atoms with Crippen LogP contribution in [0.2, 0.25) is 0 Å². The highest BCUT2D eigenvalue weighted by Gasteiger charge is 2.37. The number of nitro groups is 1. The summed E-state index contributed by atoms with van der Waals surface area (Å²) in [6.07, 6.45) is -0.405. The second-order valence-electron chi connectivity index (χ2n) is 13.2. The van der Waals surface area contributed by atoms with E-state index in [4.69, 9.17) is 32.7 Å². The van der Waals surface area contributed by atoms with Crippen LogP contribution in [-0.4, -0.2) is 53.5 Å². The van der Waals surface area contributed by atoms with Crippen molar-refractivity contribution in [1.29, 1.82) is 0 Å². The van der Waals surface area contributed by atoms with Gasteiger partial charge in [-0.05, 0) is 33.0 Å². The number of carbonyl (C=O) groups is 4. The summed E-state index contributed by atoms with van der Waals surface area (Å²) in [5.74, 6) is -1.02. The molecule has 2 aliphatic heterocycles. The van der Waals surface area contributed by atoms with E-state index in [9.17, 15) is 29.3 Å². The lowest BCUT2D eigenvalue weighted by atomic mass is 9.95. The topological polar surface area (TPSA) is 136 Å². The number of nitro benzene ring substituents is 1. The van der Waals surface area contributed by atoms with Crippen molar-refractivity contribution in [1.82, 2.24) is 0 Å². The summed E-state index contributed by atoms with van der Waals surface area (Å²) in [4.78, 5) is 66.7. The molecule has 0 saturated heterocycles. The van der Waals surface area contributed by atoms with Gasteiger partial charge in [-0.25, -0.2) is 0 Å². The maximum atomic E-state index is 14.0. The fourth-order valence-electron chi connectivity index (χ4n) is 7.62. The SMILES string of the molecule is CC(=O)Oc1cc2c(c3ccccc13)C(CCl)CN2C(=O)Cc1cc(CC(=O)N2CC(CCl)c3c2cc(OC(C)=O)c2ccccc32)cc([N+](=O)[O-])c1. The van der Waals surface area contributed by atoms with Crippen molar-refractivity contribution in [3.05, 3.63) is 111 Å². The molecule has 0 aliphatic carbocycles. The third kappa shape index (κ3) is 6.78. The summed E-state index contributed by atoms with van der Waals surface area (Å²) >= 11 is 12.8. The van der Waals surface area contributed by atoms with Crippen LogP contribution >= 0.6 is 23.2 Å². The van der Waals surface area contributed by atoms with Crippen LogP contribution in [0.3, 0.4) is 0 Å². The number of halogens is 2. The van der Waals surface area contributed by atoms with Gasteiger partial charge in [0.25, 0.3) is 5.69 Å². The lowest BCUT2D eigenvalue weighted by molar-refractivity contribution is -0.385. The van der Waals surface area contributed by atoms with Crippen LogP contribution in [-0.2, 0) is 32.0 Å². The third-order valence-electron chi connectivity index (χ3n) is 9.70. The van der Waals surface area contributed by atoms with Gasteiger partial charge < -0.3 is 19.3 Å². The quantitative estimate of drug-likeness (QED) is 0.0494. The molecule has 0 fully saturated rings. The maximum Gasteiger partial charge on any atom is 0.308 e. The van der Waals surface area contributed by atoms with Gasteiger partial charge in [0.2, 0.25) is 11.8 Å². The Labute approximate surface area is 314 Å². The lowest BCUT2D eigenvalue weighted by Crippen LogP contribution is -2.32. The Morgan fingerprint density at radius 3 is 1.43 bits per heavy atom. The number of fused-ring (bicyclic) bond motifs is 6. The minimum absolute atomic E-state index is 0.203. The van der Waals surface area contributed by atoms with E-state index in [2.05, 4.69) is 0 Å². The first-order valence-corrected chi connectivity index (χ1v) is 18.0. The van der Waals surface area contributed by atoms with Gasteiger partial charge in [0.05, 0.1) is 29.1 Å². The zero-order valence-electron chi connectivity index (χ0n) is 28.8. The number of carbonyl (C=O) groups excluding carboxylic acids is 4. The zero-order valence-corrected chi connectivity index (χ0v) is 30.3. The number of non-ortho nitro benzene ring substituents is 1. The summed E-state index contributed by atoms with van der Waals surface area (Å²) in [5.41, 5.74) is 3.27. The molecule has 0 saturated carbocycles. The summed E-state index contributed by atoms with van der Waals surface area (Å²) in [6, 6.07) is 22.5. The second kappa shape index (κ2) is 14.5. The third-order valence-corrected chi connectivity index (χ3v) is 10.4. The van der Waals surface area contributed by atoms with Gasteiger partial charge in [-0.2, -0.15) is 0 Å². The summed E-state index contributed by atoms with van der Waals surface area (Å²) in [7, 11) is 0. The molecule has 53 heavy (non-hydrogen) atoms. The molecule has 2 unspecified atom stereocenters. The number of anilines is 2. The van der Waals surface area contributed by atoms with Gasteiger partial charge >= 0.3 is 11.9 Å². The Hall–Kier alpha value is -5.52. The molecule has 0 radical (unpaired) electrons. The van der Waals surface area contributed by atoms with E-state index in [0.717, 1.165) is 21.9 Å². The van der Waals surface area contributed by atoms with Gasteiger partial charge in [-0.1, -0.05) is 54.6 Å². The average Bonchev–Trinajstić information content (AvgIpc) is 3.70. The monoisotopic (exact) mass is 753 g/mol. The van der Waals surface area contributed by atoms with Gasteiger partial charge in [-0.15, -0.1) is 23.2 Å². The first-order chi connectivity index (χ1) is 25.5. The molecule has 11 nitrogen and oxygen atoms in total. The van der Waals surface area contributed by atoms with Crippen molar-refractivity contribution in [3.63, 3.8) is 0 Å². The summed E-state index contributed by atoms with van der Waals surface area (Å²) in [5, 5.41) is 15.1. The lowest BCUT2D eigenvalue weighted by Gasteiger charge is -2.20. The molecule has 0 N–H and O–H groups in total. The Bertz CT molecular complexity index is 2210. The van der Waals surface area contributed by atoms with Crippen LogP contribution in [0.25, 0.3) is 21.5 Å². The normalized spacial score (nSPS) is 16.1. The van der Waals surface area contributed by atoms with Crippen LogP contribution in [0, 0.1) is 10.1 Å². The first-order valence-electron chi connectivity index (χ1n) is 16.9. The molecule has 0 bridgehead atoms. The van der Waals surface area contributed by atoms with E-state index in [1.54, 1.807) is 28.0 Å². The van der Waals surface area contributed by atoms with Crippen LogP contribution < -0.4 is 19.3 Å². The molecule has 2 amide bonds. The number of nitrogens with zero attached hydrogens (tertiary/aromatic N) is 3. The largest absolute Gasteiger partial charge is 0.426 e. The Morgan fingerprint density at radius 2 is 1.08 bits per heavy atom. The number of ether oxygens (including phenoxy) is 2. The van der Waals surface area contributed by atoms with Crippen molar-refractivity contribution in [2.24, 2.45) is 0 Å². The second-order valence-corrected chi connectivity index (χ2v) is 13.8. The molecular weight excluding hydrogens is 721 g/mol. The molecule has 2 aliphatic rings. The zero-order chi connectivity index (χ0) is 37.6. The molecule has 5 aromatic rings. The average molecular weight is 755 g/mol. The van der Waals surface area contributed by atoms with E-state index in [1.165, 1.54) is 26.0 Å². The standard InChI is InChI=1S/C40H33Cl2N3O8/c1-22(46)52-35-16-33-39(31-9-5-3-7-29(31)35)26(18-41)20-43(33)37(48)14-24-11-25(13-28(12-24)45(50)51)15-38(49)44-21-27(19-42)40-32-10-6-4-8-30(32)36(17-34(40)44)53-23(2)47/h3-13,16-17,26-27H,14-15,18-21H2,1-2H3. The van der Waals surface area contributed by atoms with Crippen LogP contribution in [0.15, 0.2) is 78.9 Å². The highest BCUT2D eigenvalue weighted by atomic mass is 35.5. The van der Waals surface area contributed by atoms with Gasteiger partial charge in [0.1, 0.15) is 11.5 Å². The fraction of sp³-hybridized carbons (Fsp3) is 0.250. The molecule has 7 rings (SSSR count). The Balaban J connectivity index is 1.20. The van der Waals surface area contributed by atoms with Crippen molar-refractivity contribution in [2.75, 3.05) is 34.6 Å². The van der Waals surface area contributed by atoms with Crippen LogP contribution in [0.5, 0.6) is 11.5 Å². The molecule has 13 heteroatoms. The summed E-state index contributed by atoms with van der Waals surface area (Å²) in [6.45, 7) is 3.15. The van der Waals surface area contributed by atoms with Crippen molar-refractivity contribution < 1.29 is 33.6 Å². The number of hydrogen-bond acceptors (Lipinski definition) is 8. The fourth-order valence-corrected chi connectivity index (χ4v) is 8.13. The molecule has 5 aromatic carbocycles. The predicted molar refractivity (Wildman–Crippen MR) is 203 cm³/mol. The van der Waals surface area contributed by atoms with Crippen LogP contribution in [0.1, 0.15) is 47.9 Å². The molecule has 270 valence electrons. The van der Waals surface area contributed by atoms with Gasteiger partial charge in [0.15, 0.2) is 0 Å². The minimum Gasteiger partial charge on any atom is -0.426 e. The van der Waals surface area contributed by atoms with E-state index < -0.39 is 16.9 Å². The minimum atomic E-state index is -0.555. The molecule has 2 atom stereocenters. The van der Waals surface area contributed by atoms with E-state index in [-0.39, 0.29) is 67.0 Å². The van der Waals surface area contributed by atoms with E-state index >= 15 is 0 Å². The molecule has 0 spiro atoms. The molecule has 0 aromatic heterocycles. The number of amides is 2. The van der Waals surface area contributed by atoms with Gasteiger partial charge in [-0.3, -0.25) is 29.3 Å². The van der Waals surface area contributed by atoms with E-state index in [1.807, 2.05) is 48.5 Å². The highest BCUT2D eigenvalue weighted by molar-refractivity contribution is 6.19. The van der Waals surface area contributed by atoms with Gasteiger partial charge in [0, 0.05) is 85.6 Å². The molecule has 2 heterocycles. The van der Waals surface area contributed by atoms with Crippen molar-refractivity contribution >= 4 is 85.6 Å². The van der Waals surface area contributed by atoms with Crippen LogP contribution in [0.4, 0.5) is 17.1 Å². The Morgan fingerprint density at radius 1 is 0.679 bits per heavy atom. The number of rotatable bonds is 9. The number of alkyl halides is 2.